The van der Waals surface area contributed by atoms with Crippen LogP contribution in [0.15, 0.2) is 34.1 Å². The predicted molar refractivity (Wildman–Crippen MR) is 134 cm³/mol. The van der Waals surface area contributed by atoms with Gasteiger partial charge in [0.15, 0.2) is 0 Å². The lowest BCUT2D eigenvalue weighted by Gasteiger charge is -2.27. The van der Waals surface area contributed by atoms with Gasteiger partial charge in [0, 0.05) is 25.7 Å². The summed E-state index contributed by atoms with van der Waals surface area (Å²) >= 11 is 0. The van der Waals surface area contributed by atoms with Gasteiger partial charge >= 0.3 is 11.4 Å². The Kier molecular flexibility index (Phi) is 12.1. The Morgan fingerprint density at radius 2 is 1.78 bits per heavy atom. The van der Waals surface area contributed by atoms with E-state index in [1.807, 2.05) is 0 Å². The van der Waals surface area contributed by atoms with Crippen molar-refractivity contribution in [1.29, 1.82) is 0 Å². The van der Waals surface area contributed by atoms with Gasteiger partial charge in [-0.1, -0.05) is 7.43 Å². The van der Waals surface area contributed by atoms with Crippen LogP contribution in [0, 0.1) is 0 Å². The Morgan fingerprint density at radius 1 is 1.22 bits per heavy atom. The van der Waals surface area contributed by atoms with Gasteiger partial charge in [-0.2, -0.15) is 9.97 Å². The summed E-state index contributed by atoms with van der Waals surface area (Å²) in [7, 11) is -5.91. The van der Waals surface area contributed by atoms with E-state index in [0.717, 1.165) is 6.66 Å². The van der Waals surface area contributed by atoms with Crippen LogP contribution in [0.25, 0.3) is 0 Å². The number of nitrogen functional groups attached to an aromatic ring is 2. The normalized spacial score (nSPS) is 21.8. The zero-order valence-electron chi connectivity index (χ0n) is 19.3. The van der Waals surface area contributed by atoms with Crippen molar-refractivity contribution in [2.45, 2.75) is 32.7 Å². The van der Waals surface area contributed by atoms with E-state index < -0.39 is 32.2 Å². The highest BCUT2D eigenvalue weighted by Crippen LogP contribution is 2.45. The van der Waals surface area contributed by atoms with E-state index in [1.54, 1.807) is 6.20 Å². The summed E-state index contributed by atoms with van der Waals surface area (Å²) < 4.78 is 40.8. The zero-order valence-corrected chi connectivity index (χ0v) is 21.1. The molecule has 2 aromatic heterocycles. The van der Waals surface area contributed by atoms with Crippen LogP contribution in [0.1, 0.15) is 7.43 Å². The number of aliphatic hydroxyl groups excluding tert-OH is 1. The summed E-state index contributed by atoms with van der Waals surface area (Å²) in [6, 6.07) is 2.97. The predicted octanol–water partition coefficient (Wildman–Crippen LogP) is -0.197. The van der Waals surface area contributed by atoms with Crippen LogP contribution in [0.4, 0.5) is 11.6 Å². The second-order valence-corrected chi connectivity index (χ2v) is 12.9. The molecule has 3 heterocycles. The van der Waals surface area contributed by atoms with Crippen molar-refractivity contribution >= 4 is 26.4 Å². The summed E-state index contributed by atoms with van der Waals surface area (Å²) in [5.41, 5.74) is 9.71. The minimum absolute atomic E-state index is 0. The number of aromatic nitrogens is 4. The number of aliphatic hydroxyl groups is 1. The van der Waals surface area contributed by atoms with E-state index in [0.29, 0.717) is 6.54 Å². The molecule has 36 heavy (non-hydrogen) atoms. The summed E-state index contributed by atoms with van der Waals surface area (Å²) in [4.78, 5) is 39.1. The molecular formula is C19H34N6O9P2. The first-order valence-corrected chi connectivity index (χ1v) is 14.8. The average molecular weight is 552 g/mol. The number of hydrogen-bond acceptors (Lipinski definition) is 12. The van der Waals surface area contributed by atoms with Crippen molar-refractivity contribution in [2.75, 3.05) is 50.7 Å². The number of hydrogen-bond donors (Lipinski definition) is 4. The Labute approximate surface area is 207 Å². The summed E-state index contributed by atoms with van der Waals surface area (Å²) in [5.74, 6) is 0.288. The van der Waals surface area contributed by atoms with Crippen molar-refractivity contribution in [2.24, 2.45) is 0 Å². The molecule has 6 N–H and O–H groups in total. The molecule has 0 spiro atoms. The summed E-state index contributed by atoms with van der Waals surface area (Å²) in [6.07, 6.45) is 1.62. The average Bonchev–Trinajstić information content (AvgIpc) is 2.75. The van der Waals surface area contributed by atoms with Gasteiger partial charge in [-0.15, -0.1) is 0 Å². The topological polar surface area (TPSA) is 224 Å². The van der Waals surface area contributed by atoms with E-state index in [2.05, 4.69) is 9.97 Å². The smallest absolute Gasteiger partial charge is 0.349 e. The van der Waals surface area contributed by atoms with E-state index in [9.17, 15) is 18.7 Å². The largest absolute Gasteiger partial charge is 0.394 e. The molecule has 0 amide bonds. The molecule has 204 valence electrons. The molecule has 15 nitrogen and oxygen atoms in total. The molecule has 1 aliphatic rings. The zero-order chi connectivity index (χ0) is 26.2. The highest BCUT2D eigenvalue weighted by atomic mass is 31.2. The third-order valence-corrected chi connectivity index (χ3v) is 6.37. The molecule has 0 saturated carbocycles. The first-order chi connectivity index (χ1) is 16.3. The number of anilines is 2. The molecular weight excluding hydrogens is 518 g/mol. The van der Waals surface area contributed by atoms with Crippen LogP contribution < -0.4 is 22.8 Å². The molecule has 0 aliphatic carbocycles. The van der Waals surface area contributed by atoms with E-state index in [-0.39, 0.29) is 57.6 Å². The molecule has 3 rings (SSSR count). The van der Waals surface area contributed by atoms with Crippen molar-refractivity contribution in [3.63, 3.8) is 0 Å². The van der Waals surface area contributed by atoms with Crippen LogP contribution in [0.5, 0.6) is 0 Å². The fourth-order valence-corrected chi connectivity index (χ4v) is 4.21. The van der Waals surface area contributed by atoms with Gasteiger partial charge in [-0.3, -0.25) is 18.3 Å². The molecule has 1 fully saturated rings. The van der Waals surface area contributed by atoms with Gasteiger partial charge in [-0.05, 0) is 12.1 Å². The molecule has 4 atom stereocenters. The Hall–Kier alpha value is -2.38. The van der Waals surface area contributed by atoms with Gasteiger partial charge in [0.25, 0.3) is 0 Å². The third kappa shape index (κ3) is 11.1. The lowest BCUT2D eigenvalue weighted by atomic mass is 10.3. The number of nitrogens with two attached hydrogens (primary N) is 2. The fraction of sp³-hybridized carbons (Fsp3) is 0.579. The van der Waals surface area contributed by atoms with Crippen LogP contribution in [-0.4, -0.2) is 80.5 Å². The third-order valence-electron chi connectivity index (χ3n) is 4.42. The summed E-state index contributed by atoms with van der Waals surface area (Å²) in [5, 5.41) is 9.07. The maximum Gasteiger partial charge on any atom is 0.349 e. The Bertz CT molecular complexity index is 1190. The van der Waals surface area contributed by atoms with Crippen LogP contribution >= 0.6 is 14.7 Å². The highest BCUT2D eigenvalue weighted by Gasteiger charge is 2.27. The number of ether oxygens (including phenoxy) is 2. The standard InChI is InChI=1S/C9H16N3O5P.C9H14N3O4P.CH4/c1-18(15,16)6-17-7(5-13)4-12-3-2-8(10)11-9(12)14;1-17(14)6-15-7(5-16-17)4-12-3-2-8(10)11-9(12)13;/h2-3,7,13H,4-6H2,1H3,(H,15,16)(H2,10,11,14);2-3,7H,4-6H2,1H3,(H2,10,11,13);1H4/t7-;7-,17?;/m00./s1. The van der Waals surface area contributed by atoms with Crippen LogP contribution in [0.3, 0.4) is 0 Å². The van der Waals surface area contributed by atoms with Crippen LogP contribution in [0.2, 0.25) is 0 Å². The highest BCUT2D eigenvalue weighted by molar-refractivity contribution is 7.58. The molecule has 0 radical (unpaired) electrons. The first kappa shape index (κ1) is 31.6. The lowest BCUT2D eigenvalue weighted by molar-refractivity contribution is 0.00381. The van der Waals surface area contributed by atoms with Gasteiger partial charge in [0.05, 0.1) is 32.4 Å². The first-order valence-electron chi connectivity index (χ1n) is 10.3. The second-order valence-electron chi connectivity index (χ2n) is 7.95. The van der Waals surface area contributed by atoms with E-state index in [1.165, 1.54) is 34.1 Å². The molecule has 2 aromatic rings. The second kappa shape index (κ2) is 13.8. The quantitative estimate of drug-likeness (QED) is 0.312. The lowest BCUT2D eigenvalue weighted by Crippen LogP contribution is -2.34. The van der Waals surface area contributed by atoms with Crippen molar-refractivity contribution in [1.82, 2.24) is 19.1 Å². The molecule has 0 bridgehead atoms. The van der Waals surface area contributed by atoms with Crippen molar-refractivity contribution in [3.8, 4) is 0 Å². The molecule has 1 saturated heterocycles. The van der Waals surface area contributed by atoms with Gasteiger partial charge in [-0.25, -0.2) is 9.59 Å². The van der Waals surface area contributed by atoms with Gasteiger partial charge in [0.1, 0.15) is 30.4 Å². The minimum atomic E-state index is -3.31. The van der Waals surface area contributed by atoms with Crippen molar-refractivity contribution in [3.05, 3.63) is 45.5 Å². The Balaban J connectivity index is 0.000000351. The SMILES string of the molecule is C.CP(=O)(O)CO[C@H](CO)Cn1ccc(N)nc1=O.CP1(=O)CO[C@@H](Cn2ccc(N)nc2=O)CO1. The van der Waals surface area contributed by atoms with E-state index >= 15 is 0 Å². The maximum absolute atomic E-state index is 11.5. The van der Waals surface area contributed by atoms with Gasteiger partial charge < -0.3 is 35.5 Å². The molecule has 2 unspecified atom stereocenters. The van der Waals surface area contributed by atoms with E-state index in [4.69, 9.17) is 35.5 Å². The molecule has 1 aliphatic heterocycles. The number of rotatable bonds is 8. The molecule has 17 heteroatoms. The molecule has 0 aromatic carbocycles. The van der Waals surface area contributed by atoms with Crippen LogP contribution in [-0.2, 0) is 36.2 Å². The Morgan fingerprint density at radius 3 is 2.22 bits per heavy atom. The maximum atomic E-state index is 11.5. The fourth-order valence-electron chi connectivity index (χ4n) is 2.68. The van der Waals surface area contributed by atoms with Crippen molar-refractivity contribution < 1.29 is 33.1 Å². The summed E-state index contributed by atoms with van der Waals surface area (Å²) in [6.45, 7) is 2.86. The van der Waals surface area contributed by atoms with Gasteiger partial charge in [0.2, 0.25) is 14.7 Å². The number of nitrogens with zero attached hydrogens (tertiary/aromatic N) is 4. The minimum Gasteiger partial charge on any atom is -0.394 e. The monoisotopic (exact) mass is 552 g/mol.